The number of nitrogens with zero attached hydrogens (tertiary/aromatic N) is 1. The van der Waals surface area contributed by atoms with Crippen LogP contribution < -0.4 is 5.32 Å². The van der Waals surface area contributed by atoms with Gasteiger partial charge >= 0.3 is 0 Å². The summed E-state index contributed by atoms with van der Waals surface area (Å²) in [6.07, 6.45) is 3.77. The highest BCUT2D eigenvalue weighted by molar-refractivity contribution is 5.28. The summed E-state index contributed by atoms with van der Waals surface area (Å²) in [6, 6.07) is 5.60. The molecule has 0 aromatic heterocycles. The van der Waals surface area contributed by atoms with Crippen LogP contribution in [0.3, 0.4) is 0 Å². The second-order valence-electron chi connectivity index (χ2n) is 5.96. The molecule has 0 spiro atoms. The fraction of sp³-hybridized carbons (Fsp3) is 0.625. The fourth-order valence-corrected chi connectivity index (χ4v) is 2.70. The Morgan fingerprint density at radius 1 is 1.40 bits per heavy atom. The topological polar surface area (TPSA) is 35.5 Å². The Morgan fingerprint density at radius 3 is 2.80 bits per heavy atom. The highest BCUT2D eigenvalue weighted by Crippen LogP contribution is 2.19. The van der Waals surface area contributed by atoms with Crippen LogP contribution in [0.1, 0.15) is 38.7 Å². The highest BCUT2D eigenvalue weighted by atomic mass is 19.1. The van der Waals surface area contributed by atoms with Crippen molar-refractivity contribution in [3.05, 3.63) is 29.6 Å². The Balaban J connectivity index is 1.99. The first-order valence-corrected chi connectivity index (χ1v) is 7.51. The van der Waals surface area contributed by atoms with Gasteiger partial charge in [0.2, 0.25) is 0 Å². The van der Waals surface area contributed by atoms with Gasteiger partial charge in [-0.1, -0.05) is 12.5 Å². The molecule has 3 nitrogen and oxygen atoms in total. The van der Waals surface area contributed by atoms with Gasteiger partial charge in [-0.2, -0.15) is 0 Å². The smallest absolute Gasteiger partial charge is 0.165 e. The summed E-state index contributed by atoms with van der Waals surface area (Å²) < 4.78 is 13.4. The zero-order valence-electron chi connectivity index (χ0n) is 12.4. The summed E-state index contributed by atoms with van der Waals surface area (Å²) in [5, 5.41) is 12.8. The van der Waals surface area contributed by atoms with Crippen molar-refractivity contribution in [1.29, 1.82) is 0 Å². The van der Waals surface area contributed by atoms with Crippen molar-refractivity contribution in [3.8, 4) is 5.75 Å². The van der Waals surface area contributed by atoms with E-state index in [9.17, 15) is 9.50 Å². The number of piperidine rings is 1. The molecule has 1 saturated heterocycles. The Hall–Kier alpha value is -1.13. The first-order valence-electron chi connectivity index (χ1n) is 7.51. The van der Waals surface area contributed by atoms with Gasteiger partial charge in [-0.15, -0.1) is 0 Å². The molecule has 0 bridgehead atoms. The van der Waals surface area contributed by atoms with Crippen molar-refractivity contribution in [1.82, 2.24) is 10.2 Å². The normalized spacial score (nSPS) is 19.8. The first-order chi connectivity index (χ1) is 9.56. The van der Waals surface area contributed by atoms with Gasteiger partial charge in [0.05, 0.1) is 0 Å². The number of phenols is 1. The van der Waals surface area contributed by atoms with Gasteiger partial charge in [-0.05, 0) is 50.9 Å². The number of hydrogen-bond donors (Lipinski definition) is 2. The summed E-state index contributed by atoms with van der Waals surface area (Å²) in [6.45, 7) is 7.14. The molecule has 1 atom stereocenters. The summed E-state index contributed by atoms with van der Waals surface area (Å²) in [5.41, 5.74) is 0.907. The van der Waals surface area contributed by atoms with Gasteiger partial charge < -0.3 is 10.4 Å². The number of benzene rings is 1. The Labute approximate surface area is 120 Å². The lowest BCUT2D eigenvalue weighted by Gasteiger charge is -2.33. The van der Waals surface area contributed by atoms with Crippen molar-refractivity contribution >= 4 is 0 Å². The quantitative estimate of drug-likeness (QED) is 0.870. The number of halogens is 1. The van der Waals surface area contributed by atoms with Crippen molar-refractivity contribution < 1.29 is 9.50 Å². The molecule has 1 aromatic carbocycles. The molecule has 0 radical (unpaired) electrons. The maximum absolute atomic E-state index is 13.4. The molecule has 1 aromatic rings. The third-order valence-electron chi connectivity index (χ3n) is 4.00. The average molecular weight is 280 g/mol. The Morgan fingerprint density at radius 2 is 2.20 bits per heavy atom. The lowest BCUT2D eigenvalue weighted by atomic mass is 10.0. The lowest BCUT2D eigenvalue weighted by Crippen LogP contribution is -2.45. The van der Waals surface area contributed by atoms with Crippen LogP contribution in [0, 0.1) is 5.82 Å². The predicted octanol–water partition coefficient (Wildman–Crippen LogP) is 2.88. The molecule has 0 amide bonds. The molecule has 1 aliphatic heterocycles. The van der Waals surface area contributed by atoms with Gasteiger partial charge in [0.1, 0.15) is 0 Å². The lowest BCUT2D eigenvalue weighted by molar-refractivity contribution is 0.177. The zero-order valence-corrected chi connectivity index (χ0v) is 12.4. The van der Waals surface area contributed by atoms with E-state index in [1.807, 2.05) is 0 Å². The zero-order chi connectivity index (χ0) is 14.5. The number of nitrogens with one attached hydrogen (secondary N) is 1. The maximum atomic E-state index is 13.4. The van der Waals surface area contributed by atoms with Crippen molar-refractivity contribution in [2.45, 2.75) is 51.7 Å². The molecule has 20 heavy (non-hydrogen) atoms. The van der Waals surface area contributed by atoms with Crippen LogP contribution in [0.4, 0.5) is 4.39 Å². The van der Waals surface area contributed by atoms with Crippen LogP contribution in [0.5, 0.6) is 5.75 Å². The Bertz CT molecular complexity index is 430. The molecule has 2 rings (SSSR count). The van der Waals surface area contributed by atoms with Gasteiger partial charge in [0, 0.05) is 25.2 Å². The van der Waals surface area contributed by atoms with E-state index in [2.05, 4.69) is 24.1 Å². The number of aromatic hydroxyl groups is 1. The van der Waals surface area contributed by atoms with Gasteiger partial charge in [0.15, 0.2) is 11.6 Å². The first kappa shape index (κ1) is 15.3. The molecule has 1 heterocycles. The van der Waals surface area contributed by atoms with Crippen LogP contribution in [-0.4, -0.2) is 35.2 Å². The molecular weight excluding hydrogens is 255 g/mol. The number of rotatable bonds is 5. The molecule has 0 saturated carbocycles. The average Bonchev–Trinajstić information content (AvgIpc) is 2.43. The summed E-state index contributed by atoms with van der Waals surface area (Å²) in [7, 11) is 0. The summed E-state index contributed by atoms with van der Waals surface area (Å²) >= 11 is 0. The monoisotopic (exact) mass is 280 g/mol. The van der Waals surface area contributed by atoms with Crippen LogP contribution >= 0.6 is 0 Å². The minimum Gasteiger partial charge on any atom is -0.505 e. The van der Waals surface area contributed by atoms with E-state index < -0.39 is 5.82 Å². The van der Waals surface area contributed by atoms with Gasteiger partial charge in [0.25, 0.3) is 0 Å². The van der Waals surface area contributed by atoms with Crippen molar-refractivity contribution in [2.75, 3.05) is 13.1 Å². The van der Waals surface area contributed by atoms with Gasteiger partial charge in [-0.25, -0.2) is 4.39 Å². The van der Waals surface area contributed by atoms with E-state index in [1.165, 1.54) is 31.4 Å². The molecule has 1 fully saturated rings. The Kier molecular flexibility index (Phi) is 5.38. The van der Waals surface area contributed by atoms with E-state index in [-0.39, 0.29) is 5.75 Å². The molecular formula is C16H25FN2O. The summed E-state index contributed by atoms with van der Waals surface area (Å²) in [5.74, 6) is -0.819. The highest BCUT2D eigenvalue weighted by Gasteiger charge is 2.19. The molecule has 112 valence electrons. The largest absolute Gasteiger partial charge is 0.505 e. The van der Waals surface area contributed by atoms with E-state index in [1.54, 1.807) is 6.07 Å². The molecule has 1 unspecified atom stereocenters. The van der Waals surface area contributed by atoms with Crippen molar-refractivity contribution in [3.63, 3.8) is 0 Å². The van der Waals surface area contributed by atoms with E-state index in [0.717, 1.165) is 18.7 Å². The maximum Gasteiger partial charge on any atom is 0.165 e. The molecule has 0 aliphatic carbocycles. The molecule has 1 aliphatic rings. The summed E-state index contributed by atoms with van der Waals surface area (Å²) in [4.78, 5) is 2.36. The fourth-order valence-electron chi connectivity index (χ4n) is 2.70. The van der Waals surface area contributed by atoms with Crippen LogP contribution in [0.15, 0.2) is 18.2 Å². The number of hydrogen-bond acceptors (Lipinski definition) is 3. The van der Waals surface area contributed by atoms with Crippen LogP contribution in [-0.2, 0) is 6.54 Å². The second-order valence-corrected chi connectivity index (χ2v) is 5.96. The minimum atomic E-state index is -0.540. The van der Waals surface area contributed by atoms with Crippen LogP contribution in [0.2, 0.25) is 0 Å². The molecule has 2 N–H and O–H groups in total. The number of phenolic OH excluding ortho intramolecular Hbond substituents is 1. The van der Waals surface area contributed by atoms with Crippen molar-refractivity contribution in [2.24, 2.45) is 0 Å². The third-order valence-corrected chi connectivity index (χ3v) is 4.00. The van der Waals surface area contributed by atoms with E-state index >= 15 is 0 Å². The van der Waals surface area contributed by atoms with E-state index in [0.29, 0.717) is 18.6 Å². The SMILES string of the molecule is CC(C)N(Cc1ccc(O)c(F)c1)CC1CCCCN1. The predicted molar refractivity (Wildman–Crippen MR) is 79.3 cm³/mol. The third kappa shape index (κ3) is 4.18. The van der Waals surface area contributed by atoms with Crippen LogP contribution in [0.25, 0.3) is 0 Å². The van der Waals surface area contributed by atoms with Gasteiger partial charge in [-0.3, -0.25) is 4.90 Å². The second kappa shape index (κ2) is 7.04. The minimum absolute atomic E-state index is 0.279. The molecule has 4 heteroatoms. The van der Waals surface area contributed by atoms with E-state index in [4.69, 9.17) is 0 Å². The standard InChI is InChI=1S/C16H25FN2O/c1-12(2)19(11-14-5-3-4-8-18-14)10-13-6-7-16(20)15(17)9-13/h6-7,9,12,14,18,20H,3-5,8,10-11H2,1-2H3.